The normalized spacial score (nSPS) is 13.6. The van der Waals surface area contributed by atoms with Crippen LogP contribution in [-0.4, -0.2) is 12.1 Å². The average Bonchev–Trinajstić information content (AvgIpc) is 2.28. The van der Waals surface area contributed by atoms with Gasteiger partial charge in [-0.05, 0) is 57.7 Å². The second-order valence-corrected chi connectivity index (χ2v) is 6.49. The minimum Gasteiger partial charge on any atom is -0.312 e. The Balaban J connectivity index is 2.60. The highest BCUT2D eigenvalue weighted by Crippen LogP contribution is 2.21. The van der Waals surface area contributed by atoms with E-state index in [1.165, 1.54) is 18.4 Å². The molecule has 102 valence electrons. The molecule has 1 atom stereocenters. The van der Waals surface area contributed by atoms with Crippen LogP contribution in [0.5, 0.6) is 0 Å². The first-order valence-corrected chi connectivity index (χ1v) is 7.28. The zero-order chi connectivity index (χ0) is 13.6. The Kier molecular flexibility index (Phi) is 6.17. The largest absolute Gasteiger partial charge is 0.312 e. The second-order valence-electron chi connectivity index (χ2n) is 6.08. The van der Waals surface area contributed by atoms with E-state index >= 15 is 0 Å². The van der Waals surface area contributed by atoms with E-state index in [9.17, 15) is 0 Å². The molecular formula is C16H26ClN. The summed E-state index contributed by atoms with van der Waals surface area (Å²) in [6.07, 6.45) is 3.53. The number of hydrogen-bond donors (Lipinski definition) is 1. The lowest BCUT2D eigenvalue weighted by molar-refractivity contribution is 0.355. The molecule has 0 saturated carbocycles. The van der Waals surface area contributed by atoms with Gasteiger partial charge in [0.25, 0.3) is 0 Å². The van der Waals surface area contributed by atoms with Gasteiger partial charge in [0, 0.05) is 10.6 Å². The maximum Gasteiger partial charge on any atom is 0.0438 e. The van der Waals surface area contributed by atoms with Crippen molar-refractivity contribution in [1.82, 2.24) is 5.32 Å². The molecule has 0 saturated heterocycles. The molecule has 0 fully saturated rings. The first kappa shape index (κ1) is 15.5. The summed E-state index contributed by atoms with van der Waals surface area (Å²) in [7, 11) is 0. The van der Waals surface area contributed by atoms with Crippen molar-refractivity contribution in [2.24, 2.45) is 5.92 Å². The minimum atomic E-state index is 0.187. The number of hydrogen-bond acceptors (Lipinski definition) is 1. The highest BCUT2D eigenvalue weighted by Gasteiger charge is 2.15. The van der Waals surface area contributed by atoms with Gasteiger partial charge < -0.3 is 5.32 Å². The van der Waals surface area contributed by atoms with Crippen molar-refractivity contribution in [3.8, 4) is 0 Å². The van der Waals surface area contributed by atoms with Gasteiger partial charge in [-0.3, -0.25) is 0 Å². The van der Waals surface area contributed by atoms with E-state index in [1.807, 2.05) is 12.1 Å². The molecule has 0 amide bonds. The summed E-state index contributed by atoms with van der Waals surface area (Å²) >= 11 is 6.24. The first-order chi connectivity index (χ1) is 8.42. The van der Waals surface area contributed by atoms with Crippen LogP contribution in [0, 0.1) is 5.92 Å². The standard InChI is InChI=1S/C16H26ClN/c1-5-8-13(12-18-16(2,3)4)11-14-9-6-7-10-15(14)17/h6-7,9-10,13,18H,5,8,11-12H2,1-4H3. The van der Waals surface area contributed by atoms with Crippen molar-refractivity contribution in [1.29, 1.82) is 0 Å². The first-order valence-electron chi connectivity index (χ1n) is 6.91. The highest BCUT2D eigenvalue weighted by atomic mass is 35.5. The van der Waals surface area contributed by atoms with Crippen LogP contribution in [0.1, 0.15) is 46.1 Å². The molecule has 0 radical (unpaired) electrons. The number of halogens is 1. The average molecular weight is 268 g/mol. The van der Waals surface area contributed by atoms with Gasteiger partial charge >= 0.3 is 0 Å². The third kappa shape index (κ3) is 5.88. The summed E-state index contributed by atoms with van der Waals surface area (Å²) in [5, 5.41) is 4.50. The molecule has 0 spiro atoms. The summed E-state index contributed by atoms with van der Waals surface area (Å²) in [5.74, 6) is 0.661. The molecule has 1 rings (SSSR count). The third-order valence-corrected chi connectivity index (χ3v) is 3.45. The lowest BCUT2D eigenvalue weighted by Crippen LogP contribution is -2.39. The monoisotopic (exact) mass is 267 g/mol. The van der Waals surface area contributed by atoms with Gasteiger partial charge in [0.1, 0.15) is 0 Å². The van der Waals surface area contributed by atoms with Crippen molar-refractivity contribution < 1.29 is 0 Å². The molecule has 1 nitrogen and oxygen atoms in total. The Morgan fingerprint density at radius 2 is 1.89 bits per heavy atom. The van der Waals surface area contributed by atoms with Crippen LogP contribution in [0.4, 0.5) is 0 Å². The Morgan fingerprint density at radius 1 is 1.22 bits per heavy atom. The summed E-state index contributed by atoms with van der Waals surface area (Å²) in [6, 6.07) is 8.19. The summed E-state index contributed by atoms with van der Waals surface area (Å²) < 4.78 is 0. The Morgan fingerprint density at radius 3 is 2.44 bits per heavy atom. The topological polar surface area (TPSA) is 12.0 Å². The van der Waals surface area contributed by atoms with E-state index in [-0.39, 0.29) is 5.54 Å². The Hall–Kier alpha value is -0.530. The predicted molar refractivity (Wildman–Crippen MR) is 81.3 cm³/mol. The lowest BCUT2D eigenvalue weighted by atomic mass is 9.94. The minimum absolute atomic E-state index is 0.187. The number of benzene rings is 1. The Labute approximate surface area is 117 Å². The molecule has 1 aromatic rings. The van der Waals surface area contributed by atoms with Crippen molar-refractivity contribution in [2.75, 3.05) is 6.54 Å². The van der Waals surface area contributed by atoms with E-state index in [1.54, 1.807) is 0 Å². The molecule has 1 N–H and O–H groups in total. The van der Waals surface area contributed by atoms with Crippen LogP contribution in [0.25, 0.3) is 0 Å². The lowest BCUT2D eigenvalue weighted by Gasteiger charge is -2.25. The van der Waals surface area contributed by atoms with Gasteiger partial charge in [0.05, 0.1) is 0 Å². The van der Waals surface area contributed by atoms with Crippen LogP contribution in [0.3, 0.4) is 0 Å². The van der Waals surface area contributed by atoms with E-state index in [0.717, 1.165) is 18.0 Å². The molecule has 0 heterocycles. The van der Waals surface area contributed by atoms with Crippen molar-refractivity contribution in [3.63, 3.8) is 0 Å². The maximum absolute atomic E-state index is 6.24. The fraction of sp³-hybridized carbons (Fsp3) is 0.625. The molecule has 1 unspecified atom stereocenters. The van der Waals surface area contributed by atoms with Gasteiger partial charge in [-0.25, -0.2) is 0 Å². The van der Waals surface area contributed by atoms with Crippen molar-refractivity contribution in [2.45, 2.75) is 52.5 Å². The number of nitrogens with one attached hydrogen (secondary N) is 1. The van der Waals surface area contributed by atoms with Gasteiger partial charge in [-0.1, -0.05) is 43.1 Å². The molecule has 0 aliphatic carbocycles. The zero-order valence-electron chi connectivity index (χ0n) is 12.1. The van der Waals surface area contributed by atoms with Gasteiger partial charge in [-0.2, -0.15) is 0 Å². The van der Waals surface area contributed by atoms with Crippen LogP contribution >= 0.6 is 11.6 Å². The summed E-state index contributed by atoms with van der Waals surface area (Å²) in [6.45, 7) is 9.95. The fourth-order valence-electron chi connectivity index (χ4n) is 2.11. The Bertz CT molecular complexity index is 354. The van der Waals surface area contributed by atoms with Crippen LogP contribution in [0.15, 0.2) is 24.3 Å². The second kappa shape index (κ2) is 7.16. The third-order valence-electron chi connectivity index (χ3n) is 3.08. The van der Waals surface area contributed by atoms with Gasteiger partial charge in [0.15, 0.2) is 0 Å². The highest BCUT2D eigenvalue weighted by molar-refractivity contribution is 6.31. The molecule has 2 heteroatoms. The predicted octanol–water partition coefficient (Wildman–Crippen LogP) is 4.69. The van der Waals surface area contributed by atoms with Crippen molar-refractivity contribution in [3.05, 3.63) is 34.9 Å². The molecular weight excluding hydrogens is 242 g/mol. The van der Waals surface area contributed by atoms with E-state index in [4.69, 9.17) is 11.6 Å². The van der Waals surface area contributed by atoms with E-state index < -0.39 is 0 Å². The fourth-order valence-corrected chi connectivity index (χ4v) is 2.32. The smallest absolute Gasteiger partial charge is 0.0438 e. The quantitative estimate of drug-likeness (QED) is 0.789. The molecule has 0 aromatic heterocycles. The van der Waals surface area contributed by atoms with Crippen LogP contribution < -0.4 is 5.32 Å². The summed E-state index contributed by atoms with van der Waals surface area (Å²) in [5.41, 5.74) is 1.46. The molecule has 1 aromatic carbocycles. The molecule has 0 bridgehead atoms. The van der Waals surface area contributed by atoms with Gasteiger partial charge in [-0.15, -0.1) is 0 Å². The number of rotatable bonds is 6. The van der Waals surface area contributed by atoms with E-state index in [2.05, 4.69) is 45.1 Å². The van der Waals surface area contributed by atoms with Crippen LogP contribution in [-0.2, 0) is 6.42 Å². The van der Waals surface area contributed by atoms with Crippen molar-refractivity contribution >= 4 is 11.6 Å². The molecule has 0 aliphatic heterocycles. The van der Waals surface area contributed by atoms with Crippen LogP contribution in [0.2, 0.25) is 5.02 Å². The SMILES string of the molecule is CCCC(CNC(C)(C)C)Cc1ccccc1Cl. The zero-order valence-corrected chi connectivity index (χ0v) is 12.8. The van der Waals surface area contributed by atoms with Gasteiger partial charge in [0.2, 0.25) is 0 Å². The molecule has 0 aliphatic rings. The molecule has 18 heavy (non-hydrogen) atoms. The maximum atomic E-state index is 6.24. The van der Waals surface area contributed by atoms with E-state index in [0.29, 0.717) is 5.92 Å². The summed E-state index contributed by atoms with van der Waals surface area (Å²) in [4.78, 5) is 0.